The molecule has 0 heterocycles. The van der Waals surface area contributed by atoms with Gasteiger partial charge in [-0.3, -0.25) is 9.49 Å². The minimum Gasteiger partial charge on any atom is -0.368 e. The van der Waals surface area contributed by atoms with Crippen molar-refractivity contribution >= 4 is 57.3 Å². The van der Waals surface area contributed by atoms with Gasteiger partial charge in [0.25, 0.3) is 0 Å². The molecule has 0 spiro atoms. The minimum atomic E-state index is -2.22. The molecule has 0 radical (unpaired) electrons. The summed E-state index contributed by atoms with van der Waals surface area (Å²) in [6.45, 7) is 6.76. The van der Waals surface area contributed by atoms with Crippen molar-refractivity contribution in [3.63, 3.8) is 0 Å². The molecule has 8 aromatic carbocycles. The van der Waals surface area contributed by atoms with E-state index < -0.39 is 26.7 Å². The number of benzene rings is 8. The Labute approximate surface area is 407 Å². The molecule has 0 atom stereocenters. The summed E-state index contributed by atoms with van der Waals surface area (Å²) in [6.07, 6.45) is -2.33. The van der Waals surface area contributed by atoms with Crippen LogP contribution in [0.2, 0.25) is 0 Å². The SMILES string of the molecule is CC(O)O.CC(O)O.Cc1ccc(N=P(c2[c-]cccc2)(c2ccccc2)c2ccccc2)cc1.Cc1ccc(N=P(c2[c-]cccc2)(c2ccccc2)c2ccccc2)cc1.[Pd].[Pd]. The molecule has 0 saturated heterocycles. The molecule has 0 bridgehead atoms. The Bertz CT molecular complexity index is 2210. The van der Waals surface area contributed by atoms with E-state index in [1.807, 2.05) is 24.3 Å². The maximum atomic E-state index is 7.61. The first kappa shape index (κ1) is 53.7. The molecule has 0 aliphatic heterocycles. The van der Waals surface area contributed by atoms with Crippen LogP contribution in [-0.2, 0) is 40.8 Å². The second kappa shape index (κ2) is 27.7. The molecular weight excluding hydrogens is 1020 g/mol. The second-order valence-electron chi connectivity index (χ2n) is 14.2. The third-order valence-corrected chi connectivity index (χ3v) is 16.4. The molecule has 64 heavy (non-hydrogen) atoms. The van der Waals surface area contributed by atoms with Crippen LogP contribution < -0.4 is 31.8 Å². The number of nitrogens with zero attached hydrogens (tertiary/aromatic N) is 2. The van der Waals surface area contributed by atoms with Crippen molar-refractivity contribution in [2.24, 2.45) is 9.49 Å². The van der Waals surface area contributed by atoms with Gasteiger partial charge in [0, 0.05) is 55.0 Å². The molecule has 0 aliphatic carbocycles. The Kier molecular flexibility index (Phi) is 23.2. The van der Waals surface area contributed by atoms with Crippen molar-refractivity contribution in [3.05, 3.63) is 242 Å². The summed E-state index contributed by atoms with van der Waals surface area (Å²) >= 11 is 0. The second-order valence-corrected chi connectivity index (χ2v) is 20.2. The van der Waals surface area contributed by atoms with E-state index in [-0.39, 0.29) is 40.8 Å². The molecule has 8 aromatic rings. The maximum absolute atomic E-state index is 7.61. The molecule has 0 unspecified atom stereocenters. The Hall–Kier alpha value is -4.62. The fourth-order valence-electron chi connectivity index (χ4n) is 6.51. The normalized spacial score (nSPS) is 10.5. The molecule has 0 amide bonds. The predicted octanol–water partition coefficient (Wildman–Crippen LogP) is 9.84. The average molecular weight is 1070 g/mol. The van der Waals surface area contributed by atoms with Gasteiger partial charge in [0.2, 0.25) is 0 Å². The van der Waals surface area contributed by atoms with Crippen molar-refractivity contribution in [3.8, 4) is 0 Å². The number of hydrogen-bond acceptors (Lipinski definition) is 6. The quantitative estimate of drug-likeness (QED) is 0.0527. The molecule has 8 rings (SSSR count). The number of aryl methyl sites for hydroxylation is 2. The zero-order valence-corrected chi connectivity index (χ0v) is 41.0. The molecule has 0 saturated carbocycles. The fraction of sp³-hybridized carbons (Fsp3) is 0.111. The van der Waals surface area contributed by atoms with Crippen LogP contribution in [0.3, 0.4) is 0 Å². The first-order chi connectivity index (χ1) is 30.0. The number of rotatable bonds is 8. The van der Waals surface area contributed by atoms with E-state index in [4.69, 9.17) is 29.9 Å². The Morgan fingerprint density at radius 1 is 0.359 bits per heavy atom. The van der Waals surface area contributed by atoms with Crippen LogP contribution in [-0.4, -0.2) is 33.0 Å². The maximum Gasteiger partial charge on any atom is 0.148 e. The molecule has 0 fully saturated rings. The van der Waals surface area contributed by atoms with Crippen LogP contribution in [0.4, 0.5) is 11.4 Å². The summed E-state index contributed by atoms with van der Waals surface area (Å²) in [7, 11) is -4.44. The molecule has 6 nitrogen and oxygen atoms in total. The minimum absolute atomic E-state index is 0. The van der Waals surface area contributed by atoms with E-state index in [1.54, 1.807) is 0 Å². The third kappa shape index (κ3) is 15.2. The van der Waals surface area contributed by atoms with Gasteiger partial charge >= 0.3 is 0 Å². The molecular formula is C54H54N2O4P2Pd2-2. The number of hydrogen-bond donors (Lipinski definition) is 4. The average Bonchev–Trinajstić information content (AvgIpc) is 3.30. The van der Waals surface area contributed by atoms with Crippen molar-refractivity contribution in [2.45, 2.75) is 40.3 Å². The van der Waals surface area contributed by atoms with Crippen LogP contribution in [0.15, 0.2) is 228 Å². The van der Waals surface area contributed by atoms with Crippen molar-refractivity contribution in [1.29, 1.82) is 0 Å². The van der Waals surface area contributed by atoms with Crippen molar-refractivity contribution in [1.82, 2.24) is 0 Å². The van der Waals surface area contributed by atoms with Gasteiger partial charge in [-0.2, -0.15) is 60.7 Å². The summed E-state index contributed by atoms with van der Waals surface area (Å²) < 4.78 is 10.8. The van der Waals surface area contributed by atoms with E-state index in [0.717, 1.165) is 22.0 Å². The van der Waals surface area contributed by atoms with Gasteiger partial charge in [0.05, 0.1) is 11.4 Å². The van der Waals surface area contributed by atoms with Gasteiger partial charge in [-0.15, -0.1) is 10.6 Å². The zero-order valence-electron chi connectivity index (χ0n) is 36.1. The van der Waals surface area contributed by atoms with E-state index in [0.29, 0.717) is 0 Å². The third-order valence-electron chi connectivity index (χ3n) is 9.20. The largest absolute Gasteiger partial charge is 0.368 e. The first-order valence-corrected chi connectivity index (χ1v) is 23.8. The Morgan fingerprint density at radius 3 is 0.812 bits per heavy atom. The van der Waals surface area contributed by atoms with Crippen LogP contribution in [0, 0.1) is 26.0 Å². The van der Waals surface area contributed by atoms with Crippen LogP contribution in [0.5, 0.6) is 0 Å². The van der Waals surface area contributed by atoms with Crippen LogP contribution >= 0.6 is 14.1 Å². The molecule has 4 N–H and O–H groups in total. The van der Waals surface area contributed by atoms with Gasteiger partial charge in [0.1, 0.15) is 12.6 Å². The number of aliphatic hydroxyl groups excluding tert-OH is 2. The van der Waals surface area contributed by atoms with Crippen molar-refractivity contribution < 1.29 is 61.3 Å². The monoisotopic (exact) mass is 1070 g/mol. The summed E-state index contributed by atoms with van der Waals surface area (Å²) in [5.41, 5.74) is 4.48. The standard InChI is InChI=1S/2C25H21NP.2C2H6O2.2Pd/c2*1-21-17-19-22(20-18-21)26-27(23-11-5-2-6-12-23,24-13-7-3-8-14-24)25-15-9-4-10-16-25;2*1-2(3)4;;/h2*2-15,17-20H,1H3;2*2-4H,1H3;;/q2*-1;;;;. The molecule has 10 heteroatoms. The van der Waals surface area contributed by atoms with E-state index in [2.05, 4.69) is 220 Å². The molecule has 336 valence electrons. The topological polar surface area (TPSA) is 106 Å². The molecule has 0 aromatic heterocycles. The van der Waals surface area contributed by atoms with Gasteiger partial charge in [-0.1, -0.05) is 157 Å². The van der Waals surface area contributed by atoms with Gasteiger partial charge < -0.3 is 20.4 Å². The fourth-order valence-corrected chi connectivity index (χ4v) is 13.4. The Balaban J connectivity index is 0.000000284. The van der Waals surface area contributed by atoms with E-state index >= 15 is 0 Å². The van der Waals surface area contributed by atoms with Crippen molar-refractivity contribution in [2.75, 3.05) is 0 Å². The summed E-state index contributed by atoms with van der Waals surface area (Å²) in [5, 5.41) is 37.7. The van der Waals surface area contributed by atoms with E-state index in [9.17, 15) is 0 Å². The zero-order chi connectivity index (χ0) is 44.2. The Morgan fingerprint density at radius 2 is 0.594 bits per heavy atom. The van der Waals surface area contributed by atoms with Crippen LogP contribution in [0.1, 0.15) is 25.0 Å². The van der Waals surface area contributed by atoms with Gasteiger partial charge in [-0.25, -0.2) is 0 Å². The summed E-state index contributed by atoms with van der Waals surface area (Å²) in [4.78, 5) is 0. The first-order valence-electron chi connectivity index (χ1n) is 20.3. The predicted molar refractivity (Wildman–Crippen MR) is 262 cm³/mol. The summed E-state index contributed by atoms with van der Waals surface area (Å²) in [5.74, 6) is 0. The number of aliphatic hydroxyl groups is 4. The van der Waals surface area contributed by atoms with Crippen LogP contribution in [0.25, 0.3) is 0 Å². The van der Waals surface area contributed by atoms with E-state index in [1.165, 1.54) is 46.2 Å². The van der Waals surface area contributed by atoms with Gasteiger partial charge in [0.15, 0.2) is 0 Å². The summed E-state index contributed by atoms with van der Waals surface area (Å²) in [6, 6.07) is 83.0. The smallest absolute Gasteiger partial charge is 0.148 e. The molecule has 0 aliphatic rings. The van der Waals surface area contributed by atoms with Gasteiger partial charge in [-0.05, 0) is 73.2 Å².